The van der Waals surface area contributed by atoms with E-state index in [-0.39, 0.29) is 12.4 Å². The highest BCUT2D eigenvalue weighted by Crippen LogP contribution is 2.59. The SMILES string of the molecule is CC(C)CN(C(=O)C1CC12CCNCC2)C(C)C.Cl. The van der Waals surface area contributed by atoms with Crippen LogP contribution in [0.15, 0.2) is 0 Å². The summed E-state index contributed by atoms with van der Waals surface area (Å²) in [6, 6.07) is 0.333. The fourth-order valence-electron chi connectivity index (χ4n) is 3.32. The summed E-state index contributed by atoms with van der Waals surface area (Å²) in [4.78, 5) is 14.8. The van der Waals surface area contributed by atoms with Gasteiger partial charge in [0.2, 0.25) is 5.91 Å². The molecule has 2 fully saturated rings. The van der Waals surface area contributed by atoms with Gasteiger partial charge in [-0.2, -0.15) is 0 Å². The van der Waals surface area contributed by atoms with Crippen molar-refractivity contribution in [3.8, 4) is 0 Å². The van der Waals surface area contributed by atoms with E-state index >= 15 is 0 Å². The molecule has 1 spiro atoms. The molecular weight excluding hydrogens is 260 g/mol. The topological polar surface area (TPSA) is 32.3 Å². The zero-order valence-corrected chi connectivity index (χ0v) is 13.6. The maximum absolute atomic E-state index is 12.7. The van der Waals surface area contributed by atoms with Gasteiger partial charge in [-0.05, 0) is 57.5 Å². The molecule has 0 radical (unpaired) electrons. The van der Waals surface area contributed by atoms with E-state index in [1.807, 2.05) is 0 Å². The quantitative estimate of drug-likeness (QED) is 0.863. The average Bonchev–Trinajstić information content (AvgIpc) is 2.99. The Hall–Kier alpha value is -0.280. The largest absolute Gasteiger partial charge is 0.340 e. The van der Waals surface area contributed by atoms with Gasteiger partial charge in [-0.25, -0.2) is 0 Å². The second-order valence-electron chi connectivity index (χ2n) is 6.85. The summed E-state index contributed by atoms with van der Waals surface area (Å²) < 4.78 is 0. The predicted molar refractivity (Wildman–Crippen MR) is 81.6 cm³/mol. The van der Waals surface area contributed by atoms with Crippen LogP contribution in [-0.2, 0) is 4.79 Å². The molecule has 2 aliphatic rings. The summed E-state index contributed by atoms with van der Waals surface area (Å²) in [6.45, 7) is 11.7. The molecule has 2 rings (SSSR count). The van der Waals surface area contributed by atoms with Crippen molar-refractivity contribution in [1.29, 1.82) is 0 Å². The summed E-state index contributed by atoms with van der Waals surface area (Å²) in [5.74, 6) is 1.29. The molecule has 19 heavy (non-hydrogen) atoms. The van der Waals surface area contributed by atoms with Gasteiger partial charge in [0.05, 0.1) is 0 Å². The molecule has 1 aliphatic carbocycles. The van der Waals surface area contributed by atoms with Crippen LogP contribution in [0.3, 0.4) is 0 Å². The van der Waals surface area contributed by atoms with Gasteiger partial charge in [0.15, 0.2) is 0 Å². The molecule has 112 valence electrons. The third-order valence-corrected chi connectivity index (χ3v) is 4.56. The Morgan fingerprint density at radius 1 is 1.26 bits per heavy atom. The molecule has 0 bridgehead atoms. The molecule has 3 nitrogen and oxygen atoms in total. The highest BCUT2D eigenvalue weighted by molar-refractivity contribution is 5.85. The lowest BCUT2D eigenvalue weighted by Crippen LogP contribution is -2.42. The van der Waals surface area contributed by atoms with Crippen LogP contribution in [0.5, 0.6) is 0 Å². The molecule has 1 N–H and O–H groups in total. The normalized spacial score (nSPS) is 24.4. The molecule has 0 aromatic heterocycles. The molecule has 4 heteroatoms. The number of hydrogen-bond donors (Lipinski definition) is 1. The number of rotatable bonds is 4. The smallest absolute Gasteiger partial charge is 0.226 e. The van der Waals surface area contributed by atoms with Crippen LogP contribution in [0.4, 0.5) is 0 Å². The van der Waals surface area contributed by atoms with Gasteiger partial charge in [0.1, 0.15) is 0 Å². The molecule has 0 aromatic carbocycles. The van der Waals surface area contributed by atoms with Crippen molar-refractivity contribution in [2.75, 3.05) is 19.6 Å². The number of carbonyl (C=O) groups excluding carboxylic acids is 1. The fourth-order valence-corrected chi connectivity index (χ4v) is 3.32. The highest BCUT2D eigenvalue weighted by atomic mass is 35.5. The Kier molecular flexibility index (Phi) is 5.69. The number of halogens is 1. The molecule has 1 atom stereocenters. The number of carbonyl (C=O) groups is 1. The Balaban J connectivity index is 0.00000180. The molecular formula is C15H29ClN2O. The Morgan fingerprint density at radius 2 is 1.84 bits per heavy atom. The van der Waals surface area contributed by atoms with E-state index in [0.29, 0.717) is 29.2 Å². The average molecular weight is 289 g/mol. The third kappa shape index (κ3) is 3.63. The number of hydrogen-bond acceptors (Lipinski definition) is 2. The first kappa shape index (κ1) is 16.8. The predicted octanol–water partition coefficient (Wildman–Crippen LogP) is 2.69. The van der Waals surface area contributed by atoms with Crippen LogP contribution in [0.25, 0.3) is 0 Å². The van der Waals surface area contributed by atoms with Gasteiger partial charge >= 0.3 is 0 Å². The summed E-state index contributed by atoms with van der Waals surface area (Å²) >= 11 is 0. The number of piperidine rings is 1. The van der Waals surface area contributed by atoms with E-state index < -0.39 is 0 Å². The van der Waals surface area contributed by atoms with Gasteiger partial charge in [0.25, 0.3) is 0 Å². The lowest BCUT2D eigenvalue weighted by atomic mass is 9.91. The monoisotopic (exact) mass is 288 g/mol. The minimum Gasteiger partial charge on any atom is -0.340 e. The second kappa shape index (κ2) is 6.45. The van der Waals surface area contributed by atoms with Crippen LogP contribution < -0.4 is 5.32 Å². The van der Waals surface area contributed by atoms with Crippen molar-refractivity contribution in [3.63, 3.8) is 0 Å². The number of amides is 1. The van der Waals surface area contributed by atoms with Crippen LogP contribution in [0, 0.1) is 17.3 Å². The fraction of sp³-hybridized carbons (Fsp3) is 0.933. The van der Waals surface area contributed by atoms with Crippen LogP contribution >= 0.6 is 12.4 Å². The summed E-state index contributed by atoms with van der Waals surface area (Å²) in [5.41, 5.74) is 0.368. The van der Waals surface area contributed by atoms with Gasteiger partial charge < -0.3 is 10.2 Å². The van der Waals surface area contributed by atoms with E-state index in [1.165, 1.54) is 12.8 Å². The van der Waals surface area contributed by atoms with Crippen molar-refractivity contribution in [2.45, 2.75) is 53.0 Å². The lowest BCUT2D eigenvalue weighted by molar-refractivity contribution is -0.136. The zero-order valence-electron chi connectivity index (χ0n) is 12.7. The summed E-state index contributed by atoms with van der Waals surface area (Å²) in [6.07, 6.45) is 3.52. The van der Waals surface area contributed by atoms with E-state index in [4.69, 9.17) is 0 Å². The van der Waals surface area contributed by atoms with Crippen molar-refractivity contribution >= 4 is 18.3 Å². The molecule has 0 aromatic rings. The maximum atomic E-state index is 12.7. The Bertz CT molecular complexity index is 311. The molecule has 1 aliphatic heterocycles. The summed E-state index contributed by atoms with van der Waals surface area (Å²) in [7, 11) is 0. The maximum Gasteiger partial charge on any atom is 0.226 e. The van der Waals surface area contributed by atoms with Crippen LogP contribution in [-0.4, -0.2) is 36.5 Å². The zero-order chi connectivity index (χ0) is 13.3. The summed E-state index contributed by atoms with van der Waals surface area (Å²) in [5, 5.41) is 3.40. The van der Waals surface area contributed by atoms with Crippen LogP contribution in [0.1, 0.15) is 47.0 Å². The standard InChI is InChI=1S/C15H28N2O.ClH/c1-11(2)10-17(12(3)4)14(18)13-9-15(13)5-7-16-8-6-15;/h11-13,16H,5-10H2,1-4H3;1H. The van der Waals surface area contributed by atoms with E-state index in [9.17, 15) is 4.79 Å². The van der Waals surface area contributed by atoms with Gasteiger partial charge in [-0.1, -0.05) is 13.8 Å². The minimum atomic E-state index is 0. The number of nitrogens with zero attached hydrogens (tertiary/aromatic N) is 1. The molecule has 1 heterocycles. The minimum absolute atomic E-state index is 0. The third-order valence-electron chi connectivity index (χ3n) is 4.56. The van der Waals surface area contributed by atoms with Gasteiger partial charge in [-0.15, -0.1) is 12.4 Å². The Labute approximate surface area is 123 Å². The van der Waals surface area contributed by atoms with E-state index in [2.05, 4.69) is 37.9 Å². The molecule has 1 unspecified atom stereocenters. The first-order chi connectivity index (χ1) is 8.46. The first-order valence-corrected chi connectivity index (χ1v) is 7.47. The molecule has 1 saturated carbocycles. The molecule has 1 amide bonds. The lowest BCUT2D eigenvalue weighted by Gasteiger charge is -2.31. The molecule has 1 saturated heterocycles. The van der Waals surface area contributed by atoms with Crippen molar-refractivity contribution in [2.24, 2.45) is 17.3 Å². The van der Waals surface area contributed by atoms with Gasteiger partial charge in [-0.3, -0.25) is 4.79 Å². The van der Waals surface area contributed by atoms with E-state index in [1.54, 1.807) is 0 Å². The van der Waals surface area contributed by atoms with Crippen molar-refractivity contribution < 1.29 is 4.79 Å². The van der Waals surface area contributed by atoms with Crippen molar-refractivity contribution in [1.82, 2.24) is 10.2 Å². The van der Waals surface area contributed by atoms with Crippen LogP contribution in [0.2, 0.25) is 0 Å². The highest BCUT2D eigenvalue weighted by Gasteiger charge is 2.58. The van der Waals surface area contributed by atoms with Gasteiger partial charge in [0, 0.05) is 18.5 Å². The second-order valence-corrected chi connectivity index (χ2v) is 6.85. The number of nitrogens with one attached hydrogen (secondary N) is 1. The Morgan fingerprint density at radius 3 is 2.32 bits per heavy atom. The van der Waals surface area contributed by atoms with Crippen molar-refractivity contribution in [3.05, 3.63) is 0 Å². The van der Waals surface area contributed by atoms with E-state index in [0.717, 1.165) is 26.1 Å². The first-order valence-electron chi connectivity index (χ1n) is 7.47.